The lowest BCUT2D eigenvalue weighted by atomic mass is 9.81. The monoisotopic (exact) mass is 179 g/mol. The van der Waals surface area contributed by atoms with Crippen molar-refractivity contribution in [3.8, 4) is 12.3 Å². The quantitative estimate of drug-likeness (QED) is 0.559. The van der Waals surface area contributed by atoms with Crippen LogP contribution in [0.3, 0.4) is 0 Å². The Labute approximate surface area is 82.5 Å². The van der Waals surface area contributed by atoms with Gasteiger partial charge in [-0.05, 0) is 32.1 Å². The van der Waals surface area contributed by atoms with E-state index < -0.39 is 0 Å². The van der Waals surface area contributed by atoms with Crippen molar-refractivity contribution in [1.82, 2.24) is 4.90 Å². The molecular formula is C12H21N. The van der Waals surface area contributed by atoms with Gasteiger partial charge in [-0.1, -0.05) is 19.8 Å². The zero-order valence-corrected chi connectivity index (χ0v) is 9.35. The number of rotatable bonds is 1. The van der Waals surface area contributed by atoms with Crippen LogP contribution in [-0.4, -0.2) is 23.5 Å². The van der Waals surface area contributed by atoms with Crippen LogP contribution in [0.15, 0.2) is 0 Å². The Bertz CT molecular complexity index is 210. The molecule has 0 radical (unpaired) electrons. The molecule has 0 amide bonds. The number of terminal acetylenes is 1. The Morgan fingerprint density at radius 3 is 2.08 bits per heavy atom. The lowest BCUT2D eigenvalue weighted by molar-refractivity contribution is 0.0785. The van der Waals surface area contributed by atoms with E-state index in [1.807, 2.05) is 0 Å². The van der Waals surface area contributed by atoms with Crippen molar-refractivity contribution in [2.75, 3.05) is 13.1 Å². The smallest absolute Gasteiger partial charge is 0.0766 e. The van der Waals surface area contributed by atoms with Crippen molar-refractivity contribution in [3.63, 3.8) is 0 Å². The molecule has 1 aliphatic heterocycles. The second-order valence-corrected chi connectivity index (χ2v) is 5.35. The van der Waals surface area contributed by atoms with Gasteiger partial charge in [-0.25, -0.2) is 0 Å². The lowest BCUT2D eigenvalue weighted by Gasteiger charge is -2.43. The second kappa shape index (κ2) is 3.35. The largest absolute Gasteiger partial charge is 0.288 e. The Balaban J connectivity index is 2.56. The first-order valence-corrected chi connectivity index (χ1v) is 5.10. The van der Waals surface area contributed by atoms with Gasteiger partial charge in [0.05, 0.1) is 5.54 Å². The van der Waals surface area contributed by atoms with E-state index in [1.165, 1.54) is 12.8 Å². The molecule has 13 heavy (non-hydrogen) atoms. The molecular weight excluding hydrogens is 158 g/mol. The van der Waals surface area contributed by atoms with Gasteiger partial charge in [-0.3, -0.25) is 4.90 Å². The number of nitrogens with zero attached hydrogens (tertiary/aromatic N) is 1. The van der Waals surface area contributed by atoms with Gasteiger partial charge in [0.15, 0.2) is 0 Å². The van der Waals surface area contributed by atoms with Gasteiger partial charge < -0.3 is 0 Å². The first-order valence-electron chi connectivity index (χ1n) is 5.10. The van der Waals surface area contributed by atoms with Crippen LogP contribution >= 0.6 is 0 Å². The second-order valence-electron chi connectivity index (χ2n) is 5.35. The van der Waals surface area contributed by atoms with E-state index in [4.69, 9.17) is 6.42 Å². The molecule has 0 aliphatic carbocycles. The molecule has 1 heteroatoms. The highest BCUT2D eigenvalue weighted by atomic mass is 15.2. The highest BCUT2D eigenvalue weighted by Crippen LogP contribution is 2.32. The molecule has 1 fully saturated rings. The first kappa shape index (κ1) is 10.6. The topological polar surface area (TPSA) is 3.24 Å². The zero-order chi connectivity index (χ0) is 10.1. The normalized spacial score (nSPS) is 23.9. The Kier molecular flexibility index (Phi) is 2.73. The molecule has 1 rings (SSSR count). The highest BCUT2D eigenvalue weighted by molar-refractivity contribution is 5.09. The van der Waals surface area contributed by atoms with Gasteiger partial charge in [-0.15, -0.1) is 6.42 Å². The minimum atomic E-state index is -0.0590. The zero-order valence-electron chi connectivity index (χ0n) is 9.35. The molecule has 1 aliphatic rings. The molecule has 1 heterocycles. The van der Waals surface area contributed by atoms with E-state index in [9.17, 15) is 0 Å². The standard InChI is InChI=1S/C12H21N/c1-6-12(4,5)13-9-7-11(2,3)8-10-13/h1H,7-10H2,2-5H3. The predicted octanol–water partition coefficient (Wildman–Crippen LogP) is 2.52. The van der Waals surface area contributed by atoms with Crippen molar-refractivity contribution < 1.29 is 0 Å². The summed E-state index contributed by atoms with van der Waals surface area (Å²) in [6.07, 6.45) is 8.04. The third-order valence-corrected chi connectivity index (χ3v) is 3.26. The fourth-order valence-electron chi connectivity index (χ4n) is 1.76. The fourth-order valence-corrected chi connectivity index (χ4v) is 1.76. The number of piperidine rings is 1. The molecule has 0 N–H and O–H groups in total. The summed E-state index contributed by atoms with van der Waals surface area (Å²) in [5.74, 6) is 2.86. The minimum Gasteiger partial charge on any atom is -0.288 e. The van der Waals surface area contributed by atoms with E-state index >= 15 is 0 Å². The summed E-state index contributed by atoms with van der Waals surface area (Å²) in [5.41, 5.74) is 0.456. The Morgan fingerprint density at radius 1 is 1.23 bits per heavy atom. The first-order chi connectivity index (χ1) is 5.87. The van der Waals surface area contributed by atoms with E-state index in [1.54, 1.807) is 0 Å². The van der Waals surface area contributed by atoms with E-state index in [2.05, 4.69) is 38.5 Å². The van der Waals surface area contributed by atoms with E-state index in [0.717, 1.165) is 13.1 Å². The van der Waals surface area contributed by atoms with Crippen LogP contribution in [0, 0.1) is 17.8 Å². The van der Waals surface area contributed by atoms with Gasteiger partial charge in [-0.2, -0.15) is 0 Å². The van der Waals surface area contributed by atoms with Crippen molar-refractivity contribution in [1.29, 1.82) is 0 Å². The van der Waals surface area contributed by atoms with Crippen LogP contribution in [-0.2, 0) is 0 Å². The summed E-state index contributed by atoms with van der Waals surface area (Å²) < 4.78 is 0. The van der Waals surface area contributed by atoms with Crippen LogP contribution < -0.4 is 0 Å². The fraction of sp³-hybridized carbons (Fsp3) is 0.833. The summed E-state index contributed by atoms with van der Waals surface area (Å²) in [6, 6.07) is 0. The molecule has 0 saturated carbocycles. The van der Waals surface area contributed by atoms with Crippen molar-refractivity contribution in [2.24, 2.45) is 5.41 Å². The number of likely N-dealkylation sites (tertiary alicyclic amines) is 1. The van der Waals surface area contributed by atoms with Gasteiger partial charge >= 0.3 is 0 Å². The lowest BCUT2D eigenvalue weighted by Crippen LogP contribution is -2.48. The molecule has 0 aromatic heterocycles. The average Bonchev–Trinajstić information content (AvgIpc) is 2.04. The summed E-state index contributed by atoms with van der Waals surface area (Å²) in [5, 5.41) is 0. The molecule has 0 aromatic carbocycles. The molecule has 0 spiro atoms. The molecule has 0 bridgehead atoms. The van der Waals surface area contributed by atoms with Gasteiger partial charge in [0.25, 0.3) is 0 Å². The third-order valence-electron chi connectivity index (χ3n) is 3.26. The van der Waals surface area contributed by atoms with Crippen LogP contribution in [0.2, 0.25) is 0 Å². The molecule has 1 saturated heterocycles. The summed E-state index contributed by atoms with van der Waals surface area (Å²) in [4.78, 5) is 2.41. The Morgan fingerprint density at radius 2 is 1.69 bits per heavy atom. The third kappa shape index (κ3) is 2.48. The minimum absolute atomic E-state index is 0.0590. The van der Waals surface area contributed by atoms with Crippen molar-refractivity contribution in [2.45, 2.75) is 46.1 Å². The van der Waals surface area contributed by atoms with Crippen LogP contribution in [0.4, 0.5) is 0 Å². The van der Waals surface area contributed by atoms with Crippen molar-refractivity contribution in [3.05, 3.63) is 0 Å². The number of hydrogen-bond acceptors (Lipinski definition) is 1. The highest BCUT2D eigenvalue weighted by Gasteiger charge is 2.32. The summed E-state index contributed by atoms with van der Waals surface area (Å²) in [6.45, 7) is 11.2. The maximum absolute atomic E-state index is 5.51. The van der Waals surface area contributed by atoms with Gasteiger partial charge in [0, 0.05) is 13.1 Å². The number of hydrogen-bond donors (Lipinski definition) is 0. The van der Waals surface area contributed by atoms with E-state index in [-0.39, 0.29) is 5.54 Å². The molecule has 74 valence electrons. The predicted molar refractivity (Wildman–Crippen MR) is 57.5 cm³/mol. The van der Waals surface area contributed by atoms with Crippen LogP contribution in [0.1, 0.15) is 40.5 Å². The molecule has 0 aromatic rings. The van der Waals surface area contributed by atoms with Crippen LogP contribution in [0.5, 0.6) is 0 Å². The summed E-state index contributed by atoms with van der Waals surface area (Å²) in [7, 11) is 0. The SMILES string of the molecule is C#CC(C)(C)N1CCC(C)(C)CC1. The summed E-state index contributed by atoms with van der Waals surface area (Å²) >= 11 is 0. The van der Waals surface area contributed by atoms with Gasteiger partial charge in [0.1, 0.15) is 0 Å². The molecule has 0 atom stereocenters. The van der Waals surface area contributed by atoms with Gasteiger partial charge in [0.2, 0.25) is 0 Å². The maximum atomic E-state index is 5.51. The van der Waals surface area contributed by atoms with Crippen molar-refractivity contribution >= 4 is 0 Å². The molecule has 0 unspecified atom stereocenters. The Hall–Kier alpha value is -0.480. The maximum Gasteiger partial charge on any atom is 0.0766 e. The molecule has 1 nitrogen and oxygen atoms in total. The van der Waals surface area contributed by atoms with Crippen LogP contribution in [0.25, 0.3) is 0 Å². The average molecular weight is 179 g/mol. The van der Waals surface area contributed by atoms with E-state index in [0.29, 0.717) is 5.41 Å².